The summed E-state index contributed by atoms with van der Waals surface area (Å²) >= 11 is 11.8. The molecule has 3 rings (SSSR count). The van der Waals surface area contributed by atoms with Gasteiger partial charge in [0.2, 0.25) is 17.7 Å². The maximum Gasteiger partial charge on any atom is 0.408 e. The number of rotatable bonds is 36. The third kappa shape index (κ3) is 42.2. The van der Waals surface area contributed by atoms with Crippen molar-refractivity contribution in [1.29, 1.82) is 0 Å². The predicted molar refractivity (Wildman–Crippen MR) is 419 cm³/mol. The van der Waals surface area contributed by atoms with Gasteiger partial charge in [0, 0.05) is 110 Å². The first kappa shape index (κ1) is 102. The maximum absolute atomic E-state index is 12.6. The van der Waals surface area contributed by atoms with Crippen LogP contribution in [0.25, 0.3) is 0 Å². The van der Waals surface area contributed by atoms with Gasteiger partial charge in [0.05, 0.1) is 51.7 Å². The Morgan fingerprint density at radius 3 is 1.11 bits per heavy atom. The number of carbonyl (C=O) groups is 14. The zero-order valence-corrected chi connectivity index (χ0v) is 71.2. The number of nitrogens with zero attached hydrogens (tertiary/aromatic N) is 2. The van der Waals surface area contributed by atoms with Crippen LogP contribution >= 0.6 is 43.5 Å². The monoisotopic (exact) mass is 1630 g/mol. The molecule has 0 aliphatic carbocycles. The highest BCUT2D eigenvalue weighted by Crippen LogP contribution is 2.34. The molecule has 0 bridgehead atoms. The smallest absolute Gasteiger partial charge is 0.408 e. The van der Waals surface area contributed by atoms with E-state index in [0.29, 0.717) is 21.5 Å². The number of Topliss-reactive ketones (excluding diaryl/α,β-unsaturated/α-hetero) is 10. The first-order valence-corrected chi connectivity index (χ1v) is 39.3. The van der Waals surface area contributed by atoms with Gasteiger partial charge in [0.1, 0.15) is 46.1 Å². The van der Waals surface area contributed by atoms with Crippen molar-refractivity contribution in [2.45, 2.75) is 278 Å². The van der Waals surface area contributed by atoms with Gasteiger partial charge in [-0.15, -0.1) is 11.6 Å². The van der Waals surface area contributed by atoms with Crippen LogP contribution in [0.15, 0.2) is 21.1 Å². The SMILES string of the molecule is CC(C)C(=O)CC(N)C(=O)C(C)C.CC(C)C(=O)CC(NC(=O)C(N)Cc1cc(Br)c(O)c(Br)c1)C(=O)C(C)C.CC(C)C(=O)CC(NC(=O)CCl)C(=O)C(C)C.CC(C)C(=O)CC(NC(=O)CN1CCC(N2CCCCC2)CC1)C(=O)C(C)C.CC(C)C(=O)CC(NC(=O)OC(C)(C)C)C(=O)C(C)C. The van der Waals surface area contributed by atoms with Crippen molar-refractivity contribution >= 4 is 125 Å². The van der Waals surface area contributed by atoms with E-state index < -0.39 is 59.8 Å². The molecule has 1 aromatic carbocycles. The lowest BCUT2D eigenvalue weighted by Gasteiger charge is -2.40. The van der Waals surface area contributed by atoms with Crippen molar-refractivity contribution in [3.63, 3.8) is 0 Å². The number of alkyl carbamates (subject to hydrolysis) is 1. The van der Waals surface area contributed by atoms with E-state index in [1.807, 2.05) is 41.5 Å². The minimum Gasteiger partial charge on any atom is -0.506 e. The summed E-state index contributed by atoms with van der Waals surface area (Å²) in [4.78, 5) is 172. The molecule has 0 aromatic heterocycles. The van der Waals surface area contributed by atoms with Crippen LogP contribution in [-0.2, 0) is 73.5 Å². The van der Waals surface area contributed by atoms with Crippen LogP contribution in [0, 0.1) is 59.2 Å². The number of nitrogens with two attached hydrogens (primary N) is 2. The van der Waals surface area contributed by atoms with E-state index >= 15 is 0 Å². The molecule has 2 saturated heterocycles. The highest BCUT2D eigenvalue weighted by molar-refractivity contribution is 9.11. The van der Waals surface area contributed by atoms with Gasteiger partial charge in [-0.05, 0) is 116 Å². The second-order valence-corrected chi connectivity index (χ2v) is 33.4. The number of likely N-dealkylation sites (tertiary alicyclic amines) is 2. The van der Waals surface area contributed by atoms with Crippen molar-refractivity contribution in [2.24, 2.45) is 70.6 Å². The fraction of sp³-hybridized carbons (Fsp3) is 0.744. The largest absolute Gasteiger partial charge is 0.506 e. The molecule has 2 fully saturated rings. The Hall–Kier alpha value is -5.51. The molecular formula is C78H131Br2ClN8O16. The molecule has 2 aliphatic heterocycles. The highest BCUT2D eigenvalue weighted by atomic mass is 79.9. The van der Waals surface area contributed by atoms with Gasteiger partial charge in [-0.1, -0.05) is 145 Å². The first-order chi connectivity index (χ1) is 48.3. The van der Waals surface area contributed by atoms with E-state index in [2.05, 4.69) is 62.9 Å². The third-order valence-corrected chi connectivity index (χ3v) is 18.8. The molecule has 2 heterocycles. The van der Waals surface area contributed by atoms with Crippen LogP contribution in [0.3, 0.4) is 0 Å². The van der Waals surface area contributed by atoms with Crippen LogP contribution in [-0.4, -0.2) is 183 Å². The summed E-state index contributed by atoms with van der Waals surface area (Å²) in [5.41, 5.74) is 11.7. The van der Waals surface area contributed by atoms with Gasteiger partial charge in [0.15, 0.2) is 28.9 Å². The lowest BCUT2D eigenvalue weighted by atomic mass is 9.93. The summed E-state index contributed by atoms with van der Waals surface area (Å²) in [6, 6.07) is -0.669. The first-order valence-electron chi connectivity index (χ1n) is 37.2. The minimum atomic E-state index is -0.898. The Bertz CT molecular complexity index is 2980. The zero-order valence-electron chi connectivity index (χ0n) is 67.2. The molecule has 24 nitrogen and oxygen atoms in total. The Kier molecular flexibility index (Phi) is 49.3. The van der Waals surface area contributed by atoms with Gasteiger partial charge >= 0.3 is 6.09 Å². The van der Waals surface area contributed by atoms with Crippen molar-refractivity contribution in [3.8, 4) is 5.75 Å². The normalized spacial score (nSPS) is 15.3. The number of halogens is 3. The zero-order chi connectivity index (χ0) is 81.8. The Balaban J connectivity index is 0. The average Bonchev–Trinajstić information content (AvgIpc) is 0.855. The van der Waals surface area contributed by atoms with Gasteiger partial charge in [-0.25, -0.2) is 4.79 Å². The molecular weight excluding hydrogens is 1500 g/mol. The Morgan fingerprint density at radius 2 is 0.790 bits per heavy atom. The van der Waals surface area contributed by atoms with Gasteiger partial charge in [-0.3, -0.25) is 67.2 Å². The van der Waals surface area contributed by atoms with Crippen LogP contribution in [0.4, 0.5) is 4.79 Å². The molecule has 600 valence electrons. The van der Waals surface area contributed by atoms with Gasteiger partial charge < -0.3 is 47.5 Å². The number of phenols is 1. The highest BCUT2D eigenvalue weighted by Gasteiger charge is 2.34. The molecule has 9 N–H and O–H groups in total. The topological polar surface area (TPSA) is 375 Å². The number of amides is 4. The molecule has 27 heteroatoms. The Morgan fingerprint density at radius 1 is 0.467 bits per heavy atom. The van der Waals surface area contributed by atoms with Crippen molar-refractivity contribution in [1.82, 2.24) is 31.1 Å². The summed E-state index contributed by atoms with van der Waals surface area (Å²) in [7, 11) is 0. The fourth-order valence-corrected chi connectivity index (χ4v) is 11.8. The summed E-state index contributed by atoms with van der Waals surface area (Å²) in [5.74, 6) is -3.71. The van der Waals surface area contributed by atoms with E-state index in [0.717, 1.165) is 31.5 Å². The maximum atomic E-state index is 12.6. The predicted octanol–water partition coefficient (Wildman–Crippen LogP) is 10.8. The molecule has 0 spiro atoms. The molecule has 6 unspecified atom stereocenters. The van der Waals surface area contributed by atoms with Crippen molar-refractivity contribution < 1.29 is 77.0 Å². The number of piperidine rings is 2. The van der Waals surface area contributed by atoms with E-state index in [4.69, 9.17) is 27.8 Å². The molecule has 0 saturated carbocycles. The van der Waals surface area contributed by atoms with Gasteiger partial charge in [-0.2, -0.15) is 0 Å². The van der Waals surface area contributed by atoms with Crippen LogP contribution in [0.5, 0.6) is 5.75 Å². The number of hydrogen-bond donors (Lipinski definition) is 7. The quantitative estimate of drug-likeness (QED) is 0.0307. The standard InChI is InChI=1S/C22H39N3O3.C19H26Br2N2O4.C15H27NO4.C12H20ClNO3.C10H19NO2/c1-16(2)20(26)14-19(22(28)17(3)4)23-21(27)15-24-12-8-18(9-13-24)25-10-6-5-7-11-25;1-9(2)16(24)8-15(17(25)10(3)4)23-19(27)14(22)7-11-5-12(20)18(26)13(21)6-11;1-9(2)12(17)8-11(13(18)10(3)4)16-14(19)20-15(5,6)7;1-7(2)10(15)5-9(12(17)8(3)4)14-11(16)6-13;1-6(2)9(12)5-8(11)10(13)7(3)4/h16-19H,5-15H2,1-4H3,(H,23,27);5-6,9-10,14-15,26H,7-8,22H2,1-4H3,(H,23,27);9-11H,8H2,1-7H3,(H,16,19);7-9H,5-6H2,1-4H3,(H,14,16);6-8H,5,11H2,1-4H3. The molecule has 4 amide bonds. The number of phenolic OH excluding ortho intramolecular Hbond substituents is 1. The van der Waals surface area contributed by atoms with Crippen LogP contribution < -0.4 is 32.7 Å². The van der Waals surface area contributed by atoms with E-state index in [1.54, 1.807) is 130 Å². The minimum absolute atomic E-state index is 0.00786. The summed E-state index contributed by atoms with van der Waals surface area (Å²) < 4.78 is 6.09. The molecule has 105 heavy (non-hydrogen) atoms. The number of carbonyl (C=O) groups excluding carboxylic acids is 14. The van der Waals surface area contributed by atoms with Crippen molar-refractivity contribution in [2.75, 3.05) is 38.6 Å². The molecule has 1 aromatic rings. The number of benzene rings is 1. The average molecular weight is 1630 g/mol. The van der Waals surface area contributed by atoms with Crippen LogP contribution in [0.1, 0.15) is 229 Å². The summed E-state index contributed by atoms with van der Waals surface area (Å²) in [5, 5.41) is 20.2. The summed E-state index contributed by atoms with van der Waals surface area (Å²) in [6.45, 7) is 45.3. The molecule has 6 atom stereocenters. The molecule has 2 aliphatic rings. The second kappa shape index (κ2) is 51.0. The van der Waals surface area contributed by atoms with E-state index in [-0.39, 0.29) is 173 Å². The lowest BCUT2D eigenvalue weighted by Crippen LogP contribution is -2.51. The Labute approximate surface area is 648 Å². The number of ether oxygens (including phenoxy) is 1. The number of alkyl halides is 1. The lowest BCUT2D eigenvalue weighted by molar-refractivity contribution is -0.133. The number of aromatic hydroxyl groups is 1. The van der Waals surface area contributed by atoms with Gasteiger partial charge in [0.25, 0.3) is 0 Å². The van der Waals surface area contributed by atoms with Crippen molar-refractivity contribution in [3.05, 3.63) is 26.6 Å². The second-order valence-electron chi connectivity index (χ2n) is 31.5. The third-order valence-electron chi connectivity index (χ3n) is 17.3. The number of ketones is 10. The van der Waals surface area contributed by atoms with Crippen LogP contribution in [0.2, 0.25) is 0 Å². The molecule has 0 radical (unpaired) electrons. The fourth-order valence-electron chi connectivity index (χ4n) is 10.4. The summed E-state index contributed by atoms with van der Waals surface area (Å²) in [6.07, 6.45) is 6.00. The number of hydrogen-bond acceptors (Lipinski definition) is 20. The van der Waals surface area contributed by atoms with E-state index in [1.165, 1.54) is 32.4 Å². The number of nitrogens with one attached hydrogen (secondary N) is 4. The van der Waals surface area contributed by atoms with E-state index in [9.17, 15) is 72.2 Å².